The summed E-state index contributed by atoms with van der Waals surface area (Å²) in [5.41, 5.74) is 14.8. The van der Waals surface area contributed by atoms with Crippen LogP contribution in [0.25, 0.3) is 21.7 Å². The van der Waals surface area contributed by atoms with Gasteiger partial charge in [-0.2, -0.15) is 0 Å². The van der Waals surface area contributed by atoms with E-state index in [0.29, 0.717) is 46.6 Å². The maximum atomic E-state index is 14.2. The number of pyridine rings is 2. The van der Waals surface area contributed by atoms with E-state index >= 15 is 0 Å². The van der Waals surface area contributed by atoms with Gasteiger partial charge in [0.15, 0.2) is 11.6 Å². The fourth-order valence-electron chi connectivity index (χ4n) is 11.2. The Balaban J connectivity index is 0.614. The Morgan fingerprint density at radius 1 is 0.899 bits per heavy atom. The molecule has 2 aromatic carbocycles. The molecule has 7 aromatic rings. The number of nitrogen functional groups attached to an aromatic ring is 1. The molecule has 20 heteroatoms. The Hall–Kier alpha value is -8.28. The number of carbonyl (C=O) groups is 2. The van der Waals surface area contributed by atoms with E-state index in [9.17, 15) is 19.8 Å². The number of hydrogen-bond donors (Lipinski definition) is 4. The second kappa shape index (κ2) is 23.0. The molecular weight excluding hydrogens is 1020 g/mol. The summed E-state index contributed by atoms with van der Waals surface area (Å²) in [7, 11) is 0. The van der Waals surface area contributed by atoms with Gasteiger partial charge in [0.25, 0.3) is 5.88 Å². The van der Waals surface area contributed by atoms with Crippen LogP contribution >= 0.6 is 11.3 Å². The number of aryl methyl sites for hydroxylation is 1. The number of nitrogens with one attached hydrogen (secondary N) is 1. The number of likely N-dealkylation sites (tertiary alicyclic amines) is 1. The molecule has 2 unspecified atom stereocenters. The lowest BCUT2D eigenvalue weighted by Gasteiger charge is -2.43. The third-order valence-corrected chi connectivity index (χ3v) is 16.3. The van der Waals surface area contributed by atoms with Gasteiger partial charge in [-0.1, -0.05) is 56.2 Å². The Labute approximate surface area is 462 Å². The van der Waals surface area contributed by atoms with Crippen LogP contribution in [0.2, 0.25) is 0 Å². The third-order valence-electron chi connectivity index (χ3n) is 15.3. The topological polar surface area (TPSA) is 241 Å². The minimum Gasteiger partial charge on any atom is -0.507 e. The summed E-state index contributed by atoms with van der Waals surface area (Å²) in [4.78, 5) is 48.6. The smallest absolute Gasteiger partial charge is 0.254 e. The van der Waals surface area contributed by atoms with Crippen molar-refractivity contribution in [3.63, 3.8) is 0 Å². The number of rotatable bonds is 17. The number of para-hydroxylation sites is 1. The first-order valence-electron chi connectivity index (χ1n) is 26.9. The summed E-state index contributed by atoms with van der Waals surface area (Å²) in [6, 6.07) is 25.8. The molecule has 5 aromatic heterocycles. The van der Waals surface area contributed by atoms with E-state index in [1.165, 1.54) is 4.90 Å². The Bertz CT molecular complexity index is 3340. The largest absolute Gasteiger partial charge is 0.507 e. The highest BCUT2D eigenvalue weighted by Gasteiger charge is 2.44. The highest BCUT2D eigenvalue weighted by atomic mass is 32.1. The number of nitrogens with zero attached hydrogens (tertiary/aromatic N) is 9. The van der Waals surface area contributed by atoms with Crippen molar-refractivity contribution >= 4 is 40.3 Å². The number of amides is 2. The molecule has 4 fully saturated rings. The molecule has 5 N–H and O–H groups in total. The number of ether oxygens (including phenoxy) is 3. The first-order valence-corrected chi connectivity index (χ1v) is 27.8. The second-order valence-corrected chi connectivity index (χ2v) is 22.0. The number of aromatic hydroxyl groups is 1. The van der Waals surface area contributed by atoms with Gasteiger partial charge in [-0.15, -0.1) is 21.5 Å². The molecule has 8 heterocycles. The van der Waals surface area contributed by atoms with E-state index in [2.05, 4.69) is 63.3 Å². The Kier molecular flexibility index (Phi) is 15.3. The van der Waals surface area contributed by atoms with Crippen LogP contribution in [-0.4, -0.2) is 120 Å². The van der Waals surface area contributed by atoms with Gasteiger partial charge in [0.1, 0.15) is 48.0 Å². The number of phenols is 1. The van der Waals surface area contributed by atoms with Crippen LogP contribution in [0.15, 0.2) is 107 Å². The van der Waals surface area contributed by atoms with Crippen molar-refractivity contribution in [1.82, 2.24) is 40.5 Å². The number of aliphatic hydroxyl groups is 1. The van der Waals surface area contributed by atoms with Crippen molar-refractivity contribution < 1.29 is 38.5 Å². The van der Waals surface area contributed by atoms with Crippen molar-refractivity contribution in [3.8, 4) is 56.8 Å². The van der Waals surface area contributed by atoms with Gasteiger partial charge in [0.2, 0.25) is 17.7 Å². The number of carbonyl (C=O) groups excluding carboxylic acids is 2. The van der Waals surface area contributed by atoms with Gasteiger partial charge in [0.05, 0.1) is 45.8 Å². The molecule has 4 aliphatic rings. The number of thiazole rings is 1. The van der Waals surface area contributed by atoms with Crippen LogP contribution in [0.1, 0.15) is 94.0 Å². The number of phenolic OH excluding ortho intramolecular Hbond substituents is 1. The molecule has 1 aliphatic carbocycles. The van der Waals surface area contributed by atoms with E-state index in [-0.39, 0.29) is 79.3 Å². The van der Waals surface area contributed by atoms with Crippen LogP contribution in [0.3, 0.4) is 0 Å². The number of hydrogen-bond acceptors (Lipinski definition) is 18. The predicted molar refractivity (Wildman–Crippen MR) is 298 cm³/mol. The highest BCUT2D eigenvalue weighted by molar-refractivity contribution is 7.13. The first-order chi connectivity index (χ1) is 38.3. The van der Waals surface area contributed by atoms with Crippen molar-refractivity contribution in [2.24, 2.45) is 5.92 Å². The maximum Gasteiger partial charge on any atom is 0.254 e. The summed E-state index contributed by atoms with van der Waals surface area (Å²) >= 11 is 1.58. The predicted octanol–water partition coefficient (Wildman–Crippen LogP) is 7.89. The zero-order chi connectivity index (χ0) is 54.7. The van der Waals surface area contributed by atoms with Crippen LogP contribution in [0.5, 0.6) is 23.3 Å². The van der Waals surface area contributed by atoms with Crippen molar-refractivity contribution in [2.75, 3.05) is 41.8 Å². The number of benzene rings is 2. The second-order valence-electron chi connectivity index (χ2n) is 21.1. The first kappa shape index (κ1) is 52.8. The highest BCUT2D eigenvalue weighted by Crippen LogP contribution is 2.41. The fourth-order valence-corrected chi connectivity index (χ4v) is 12.0. The number of β-amino-alcohol motifs (C(OH)–C–C–N with tert-alkyl or cyclic N) is 1. The zero-order valence-electron chi connectivity index (χ0n) is 44.4. The molecule has 6 atom stereocenters. The van der Waals surface area contributed by atoms with Crippen molar-refractivity contribution in [3.05, 3.63) is 126 Å². The summed E-state index contributed by atoms with van der Waals surface area (Å²) in [5, 5.41) is 36.8. The molecule has 0 spiro atoms. The molecular formula is C59H63N11O8S. The fraction of sp³-hybridized carbons (Fsp3) is 0.390. The van der Waals surface area contributed by atoms with Gasteiger partial charge in [-0.3, -0.25) is 9.59 Å². The molecule has 0 radical (unpaired) electrons. The summed E-state index contributed by atoms with van der Waals surface area (Å²) < 4.78 is 24.1. The van der Waals surface area contributed by atoms with Gasteiger partial charge < -0.3 is 54.7 Å². The van der Waals surface area contributed by atoms with E-state index in [1.54, 1.807) is 35.7 Å². The third kappa shape index (κ3) is 11.6. The number of aromatic nitrogens is 6. The average Bonchev–Trinajstić information content (AvgIpc) is 4.40. The number of anilines is 3. The van der Waals surface area contributed by atoms with Gasteiger partial charge in [-0.25, -0.2) is 15.0 Å². The molecule has 3 aliphatic heterocycles. The molecule has 79 heavy (non-hydrogen) atoms. The molecule has 408 valence electrons. The van der Waals surface area contributed by atoms with Gasteiger partial charge in [0, 0.05) is 87.0 Å². The molecule has 3 saturated heterocycles. The zero-order valence-corrected chi connectivity index (χ0v) is 45.3. The average molecular weight is 1090 g/mol. The lowest BCUT2D eigenvalue weighted by atomic mass is 9.91. The van der Waals surface area contributed by atoms with Gasteiger partial charge in [-0.05, 0) is 91.2 Å². The van der Waals surface area contributed by atoms with Crippen LogP contribution < -0.4 is 35.1 Å². The molecule has 1 saturated carbocycles. The number of piperazine rings is 1. The Morgan fingerprint density at radius 3 is 2.42 bits per heavy atom. The molecule has 2 bridgehead atoms. The normalized spacial score (nSPS) is 21.2. The van der Waals surface area contributed by atoms with Crippen LogP contribution in [0, 0.1) is 24.7 Å². The van der Waals surface area contributed by atoms with E-state index < -0.39 is 18.1 Å². The minimum atomic E-state index is -0.851. The van der Waals surface area contributed by atoms with Gasteiger partial charge >= 0.3 is 0 Å². The quantitative estimate of drug-likeness (QED) is 0.0501. The standard InChI is InChI=1S/C59H63N11O8S/c1-34(2)55(59(74)69-32-43(71)24-50(69)58(73)64-35(3)37-12-14-38(15-13-37)56-36(4)63-33-79-56)52-28-54(67-78-52)75-22-8-7-9-39-16-19-44(29-62-39)76-45-25-46(26-45)77-53-23-40(20-21-61-53)70-41-17-18-42(70)31-68(30-41)49-27-48(65-66-57(49)60)47-10-5-6-11-51(47)72/h5-6,10-16,19-21,23,27-29,33-35,41-43,45-46,50,55,71-72H,8,17-18,22,24-26,30-32H2,1-4H3,(H2,60,66)(H,64,73)/t35-,41?,42?,43+,45-,46-,50-,55-/m0/s1. The summed E-state index contributed by atoms with van der Waals surface area (Å²) in [5.74, 6) is 6.83. The Morgan fingerprint density at radius 2 is 1.68 bits per heavy atom. The van der Waals surface area contributed by atoms with E-state index in [1.807, 2.05) is 100 Å². The van der Waals surface area contributed by atoms with Crippen LogP contribution in [-0.2, 0) is 9.59 Å². The van der Waals surface area contributed by atoms with Crippen molar-refractivity contribution in [2.45, 2.75) is 115 Å². The number of nitrogens with two attached hydrogens (primary N) is 1. The SMILES string of the molecule is Cc1ncsc1-c1ccc([C@H](C)NC(=O)[C@@H]2C[C@@H](O)CN2C(=O)[C@H](c2cc(OCCC#Cc3ccc(O[C@H]4C[C@H](Oc5cc(N6C7CCC6CN(c6cc(-c8ccccc8O)nnc6N)C7)ccn5)C4)cn3)no2)C(C)C)cc1. The summed E-state index contributed by atoms with van der Waals surface area (Å²) in [6.45, 7) is 9.48. The number of fused-ring (bicyclic) bond motifs is 2. The lowest BCUT2D eigenvalue weighted by Crippen LogP contribution is -2.54. The van der Waals surface area contributed by atoms with Crippen molar-refractivity contribution in [1.29, 1.82) is 0 Å². The molecule has 11 rings (SSSR count). The lowest BCUT2D eigenvalue weighted by molar-refractivity contribution is -0.141. The molecule has 2 amide bonds. The van der Waals surface area contributed by atoms with E-state index in [4.69, 9.17) is 24.5 Å². The number of aliphatic hydroxyl groups excluding tert-OH is 1. The molecule has 19 nitrogen and oxygen atoms in total. The monoisotopic (exact) mass is 1090 g/mol. The van der Waals surface area contributed by atoms with Crippen LogP contribution in [0.4, 0.5) is 17.2 Å². The maximum absolute atomic E-state index is 14.2. The van der Waals surface area contributed by atoms with E-state index in [0.717, 1.165) is 71.8 Å². The summed E-state index contributed by atoms with van der Waals surface area (Å²) in [6.07, 6.45) is 6.66. The minimum absolute atomic E-state index is 0.0132.